The summed E-state index contributed by atoms with van der Waals surface area (Å²) in [5.74, 6) is 1.32. The van der Waals surface area contributed by atoms with Gasteiger partial charge in [-0.05, 0) is 42.7 Å². The number of pyridine rings is 1. The predicted octanol–water partition coefficient (Wildman–Crippen LogP) is 2.30. The first-order chi connectivity index (χ1) is 14.6. The summed E-state index contributed by atoms with van der Waals surface area (Å²) in [5, 5.41) is 0. The second-order valence-corrected chi connectivity index (χ2v) is 7.79. The minimum Gasteiger partial charge on any atom is -0.497 e. The first kappa shape index (κ1) is 20.2. The van der Waals surface area contributed by atoms with E-state index in [1.807, 2.05) is 41.3 Å². The molecule has 0 spiro atoms. The molecule has 0 saturated carbocycles. The normalized spacial score (nSPS) is 21.0. The van der Waals surface area contributed by atoms with E-state index in [4.69, 9.17) is 9.47 Å². The fourth-order valence-corrected chi connectivity index (χ4v) is 4.21. The molecule has 2 aliphatic heterocycles. The zero-order valence-corrected chi connectivity index (χ0v) is 17.2. The van der Waals surface area contributed by atoms with E-state index in [1.165, 1.54) is 0 Å². The SMILES string of the molecule is COc1cccc(CC(=O)N2C[C@@H](Oc3cccnc3)C[C@H]2C(=O)N2CCCC2)c1. The molecular formula is C23H27N3O4. The number of hydrogen-bond donors (Lipinski definition) is 0. The Labute approximate surface area is 176 Å². The van der Waals surface area contributed by atoms with Crippen molar-refractivity contribution in [2.45, 2.75) is 37.8 Å². The molecule has 2 aliphatic rings. The number of nitrogens with zero attached hydrogens (tertiary/aromatic N) is 3. The Kier molecular flexibility index (Phi) is 6.16. The number of ether oxygens (including phenoxy) is 2. The van der Waals surface area contributed by atoms with E-state index in [9.17, 15) is 9.59 Å². The van der Waals surface area contributed by atoms with E-state index in [-0.39, 0.29) is 24.3 Å². The molecule has 30 heavy (non-hydrogen) atoms. The molecule has 7 nitrogen and oxygen atoms in total. The number of benzene rings is 1. The van der Waals surface area contributed by atoms with Gasteiger partial charge >= 0.3 is 0 Å². The minimum atomic E-state index is -0.483. The lowest BCUT2D eigenvalue weighted by Gasteiger charge is -2.27. The van der Waals surface area contributed by atoms with Crippen LogP contribution in [-0.4, -0.2) is 65.5 Å². The number of carbonyl (C=O) groups excluding carboxylic acids is 2. The summed E-state index contributed by atoms with van der Waals surface area (Å²) in [6.45, 7) is 1.92. The van der Waals surface area contributed by atoms with Crippen LogP contribution in [0.15, 0.2) is 48.8 Å². The van der Waals surface area contributed by atoms with Crippen LogP contribution in [0.5, 0.6) is 11.5 Å². The van der Waals surface area contributed by atoms with Crippen molar-refractivity contribution >= 4 is 11.8 Å². The summed E-state index contributed by atoms with van der Waals surface area (Å²) < 4.78 is 11.3. The minimum absolute atomic E-state index is 0.0313. The molecule has 0 bridgehead atoms. The van der Waals surface area contributed by atoms with E-state index in [2.05, 4.69) is 4.98 Å². The van der Waals surface area contributed by atoms with Gasteiger partial charge in [0.05, 0.1) is 26.3 Å². The Morgan fingerprint density at radius 2 is 1.93 bits per heavy atom. The molecule has 2 aromatic rings. The molecule has 2 saturated heterocycles. The van der Waals surface area contributed by atoms with Crippen molar-refractivity contribution in [2.24, 2.45) is 0 Å². The van der Waals surface area contributed by atoms with Crippen LogP contribution in [0.1, 0.15) is 24.8 Å². The fourth-order valence-electron chi connectivity index (χ4n) is 4.21. The Morgan fingerprint density at radius 3 is 2.67 bits per heavy atom. The van der Waals surface area contributed by atoms with Crippen molar-refractivity contribution < 1.29 is 19.1 Å². The van der Waals surface area contributed by atoms with Crippen LogP contribution in [0, 0.1) is 0 Å². The van der Waals surface area contributed by atoms with Gasteiger partial charge in [0.2, 0.25) is 11.8 Å². The number of carbonyl (C=O) groups is 2. The molecule has 2 fully saturated rings. The molecule has 7 heteroatoms. The van der Waals surface area contributed by atoms with Gasteiger partial charge in [-0.15, -0.1) is 0 Å². The first-order valence-electron chi connectivity index (χ1n) is 10.4. The molecule has 0 aliphatic carbocycles. The molecule has 3 heterocycles. The smallest absolute Gasteiger partial charge is 0.245 e. The van der Waals surface area contributed by atoms with E-state index in [1.54, 1.807) is 24.4 Å². The van der Waals surface area contributed by atoms with Gasteiger partial charge in [0, 0.05) is 25.7 Å². The van der Waals surface area contributed by atoms with Crippen LogP contribution in [0.25, 0.3) is 0 Å². The first-order valence-corrected chi connectivity index (χ1v) is 10.4. The summed E-state index contributed by atoms with van der Waals surface area (Å²) in [6.07, 6.45) is 5.86. The Bertz CT molecular complexity index is 883. The van der Waals surface area contributed by atoms with Crippen LogP contribution in [0.3, 0.4) is 0 Å². The summed E-state index contributed by atoms with van der Waals surface area (Å²) in [7, 11) is 1.60. The van der Waals surface area contributed by atoms with Crippen molar-refractivity contribution in [2.75, 3.05) is 26.7 Å². The van der Waals surface area contributed by atoms with Crippen LogP contribution in [-0.2, 0) is 16.0 Å². The van der Waals surface area contributed by atoms with Crippen molar-refractivity contribution in [3.63, 3.8) is 0 Å². The molecule has 0 N–H and O–H groups in total. The number of hydrogen-bond acceptors (Lipinski definition) is 5. The molecule has 1 aromatic heterocycles. The van der Waals surface area contributed by atoms with Gasteiger partial charge in [-0.25, -0.2) is 0 Å². The van der Waals surface area contributed by atoms with Crippen LogP contribution >= 0.6 is 0 Å². The maximum atomic E-state index is 13.2. The average Bonchev–Trinajstić information content (AvgIpc) is 3.44. The highest BCUT2D eigenvalue weighted by molar-refractivity contribution is 5.89. The van der Waals surface area contributed by atoms with Crippen LogP contribution in [0.2, 0.25) is 0 Å². The summed E-state index contributed by atoms with van der Waals surface area (Å²) >= 11 is 0. The molecule has 2 atom stereocenters. The van der Waals surface area contributed by atoms with E-state index in [0.29, 0.717) is 24.5 Å². The van der Waals surface area contributed by atoms with Crippen LogP contribution in [0.4, 0.5) is 0 Å². The quantitative estimate of drug-likeness (QED) is 0.732. The van der Waals surface area contributed by atoms with Gasteiger partial charge in [-0.3, -0.25) is 14.6 Å². The highest BCUT2D eigenvalue weighted by Gasteiger charge is 2.42. The third-order valence-electron chi connectivity index (χ3n) is 5.71. The third kappa shape index (κ3) is 4.56. The van der Waals surface area contributed by atoms with Gasteiger partial charge in [0.15, 0.2) is 0 Å². The molecule has 0 radical (unpaired) electrons. The molecule has 4 rings (SSSR count). The third-order valence-corrected chi connectivity index (χ3v) is 5.71. The zero-order chi connectivity index (χ0) is 20.9. The van der Waals surface area contributed by atoms with Gasteiger partial charge in [-0.1, -0.05) is 12.1 Å². The summed E-state index contributed by atoms with van der Waals surface area (Å²) in [5.41, 5.74) is 0.864. The second kappa shape index (κ2) is 9.15. The average molecular weight is 409 g/mol. The van der Waals surface area contributed by atoms with E-state index >= 15 is 0 Å². The lowest BCUT2D eigenvalue weighted by molar-refractivity contribution is -0.142. The monoisotopic (exact) mass is 409 g/mol. The maximum Gasteiger partial charge on any atom is 0.245 e. The molecule has 0 unspecified atom stereocenters. The Balaban J connectivity index is 1.50. The largest absolute Gasteiger partial charge is 0.497 e. The van der Waals surface area contributed by atoms with Gasteiger partial charge in [-0.2, -0.15) is 0 Å². The van der Waals surface area contributed by atoms with Gasteiger partial charge < -0.3 is 19.3 Å². The van der Waals surface area contributed by atoms with Crippen molar-refractivity contribution in [3.8, 4) is 11.5 Å². The Hall–Kier alpha value is -3.09. The van der Waals surface area contributed by atoms with E-state index < -0.39 is 6.04 Å². The van der Waals surface area contributed by atoms with Crippen molar-refractivity contribution in [1.29, 1.82) is 0 Å². The van der Waals surface area contributed by atoms with Crippen LogP contribution < -0.4 is 9.47 Å². The highest BCUT2D eigenvalue weighted by atomic mass is 16.5. The zero-order valence-electron chi connectivity index (χ0n) is 17.2. The summed E-state index contributed by atoms with van der Waals surface area (Å²) in [4.78, 5) is 34.0. The number of amides is 2. The predicted molar refractivity (Wildman–Crippen MR) is 111 cm³/mol. The maximum absolute atomic E-state index is 13.2. The Morgan fingerprint density at radius 1 is 1.13 bits per heavy atom. The number of rotatable bonds is 6. The number of methoxy groups -OCH3 is 1. The fraction of sp³-hybridized carbons (Fsp3) is 0.435. The molecule has 1 aromatic carbocycles. The highest BCUT2D eigenvalue weighted by Crippen LogP contribution is 2.26. The standard InChI is InChI=1S/C23H27N3O4/c1-29-18-7-4-6-17(12-18)13-22(27)26-16-20(30-19-8-5-9-24-15-19)14-21(26)23(28)25-10-2-3-11-25/h4-9,12,15,20-21H,2-3,10-11,13-14,16H2,1H3/t20-,21-/m0/s1. The van der Waals surface area contributed by atoms with E-state index in [0.717, 1.165) is 31.5 Å². The molecule has 2 amide bonds. The molecular weight excluding hydrogens is 382 g/mol. The number of aromatic nitrogens is 1. The van der Waals surface area contributed by atoms with Gasteiger partial charge in [0.1, 0.15) is 23.6 Å². The summed E-state index contributed by atoms with van der Waals surface area (Å²) in [6, 6.07) is 10.6. The van der Waals surface area contributed by atoms with Crippen molar-refractivity contribution in [3.05, 3.63) is 54.4 Å². The van der Waals surface area contributed by atoms with Gasteiger partial charge in [0.25, 0.3) is 0 Å². The number of likely N-dealkylation sites (tertiary alicyclic amines) is 2. The lowest BCUT2D eigenvalue weighted by Crippen LogP contribution is -2.47. The molecule has 158 valence electrons. The topological polar surface area (TPSA) is 72.0 Å². The second-order valence-electron chi connectivity index (χ2n) is 7.79. The van der Waals surface area contributed by atoms with Crippen molar-refractivity contribution in [1.82, 2.24) is 14.8 Å². The lowest BCUT2D eigenvalue weighted by atomic mass is 10.1.